The van der Waals surface area contributed by atoms with E-state index in [9.17, 15) is 27.6 Å². The molecular formula is C18H14Cl2F3N3O4. The van der Waals surface area contributed by atoms with E-state index in [4.69, 9.17) is 27.9 Å². The number of anilines is 1. The molecule has 0 fully saturated rings. The molecule has 7 nitrogen and oxygen atoms in total. The van der Waals surface area contributed by atoms with Gasteiger partial charge in [0, 0.05) is 23.3 Å². The summed E-state index contributed by atoms with van der Waals surface area (Å²) in [7, 11) is 0. The first-order valence-corrected chi connectivity index (χ1v) is 9.04. The van der Waals surface area contributed by atoms with Crippen molar-refractivity contribution < 1.29 is 32.3 Å². The number of hydrogen-bond donors (Lipinski definition) is 2. The minimum Gasteiger partial charge on any atom is -0.456 e. The van der Waals surface area contributed by atoms with Gasteiger partial charge in [-0.25, -0.2) is 4.98 Å². The first kappa shape index (κ1) is 23.4. The van der Waals surface area contributed by atoms with E-state index >= 15 is 0 Å². The molecule has 1 aromatic heterocycles. The number of ether oxygens (including phenoxy) is 1. The standard InChI is InChI=1S/C18H14Cl2F3N3O4/c19-12-3-1-10(2-4-12)17(29)24-6-5-15(28)30-9-14(27)26-16-13(20)7-11(8-25-16)18(21,22)23/h1-4,7-8H,5-6,9H2,(H,24,29)(H,25,26,27). The van der Waals surface area contributed by atoms with Gasteiger partial charge in [0.2, 0.25) is 0 Å². The maximum Gasteiger partial charge on any atom is 0.417 e. The normalized spacial score (nSPS) is 11.0. The predicted octanol–water partition coefficient (Wildman–Crippen LogP) is 3.71. The summed E-state index contributed by atoms with van der Waals surface area (Å²) in [5.41, 5.74) is -0.717. The summed E-state index contributed by atoms with van der Waals surface area (Å²) in [5.74, 6) is -2.34. The molecule has 0 saturated heterocycles. The summed E-state index contributed by atoms with van der Waals surface area (Å²) in [6.45, 7) is -0.739. The number of benzene rings is 1. The lowest BCUT2D eigenvalue weighted by Crippen LogP contribution is -2.27. The third-order valence-electron chi connectivity index (χ3n) is 3.51. The summed E-state index contributed by atoms with van der Waals surface area (Å²) in [4.78, 5) is 38.7. The monoisotopic (exact) mass is 463 g/mol. The van der Waals surface area contributed by atoms with Crippen molar-refractivity contribution in [3.8, 4) is 0 Å². The maximum atomic E-state index is 12.6. The number of nitrogens with zero attached hydrogens (tertiary/aromatic N) is 1. The van der Waals surface area contributed by atoms with Gasteiger partial charge in [-0.1, -0.05) is 23.2 Å². The zero-order valence-corrected chi connectivity index (χ0v) is 16.6. The van der Waals surface area contributed by atoms with Gasteiger partial charge in [-0.2, -0.15) is 13.2 Å². The third kappa shape index (κ3) is 7.20. The Bertz CT molecular complexity index is 937. The Morgan fingerprint density at radius 3 is 2.37 bits per heavy atom. The highest BCUT2D eigenvalue weighted by atomic mass is 35.5. The minimum atomic E-state index is -4.63. The Labute approximate surface area is 178 Å². The molecule has 2 aromatic rings. The molecule has 0 aliphatic rings. The third-order valence-corrected chi connectivity index (χ3v) is 4.05. The summed E-state index contributed by atoms with van der Waals surface area (Å²) >= 11 is 11.4. The minimum absolute atomic E-state index is 0.0335. The predicted molar refractivity (Wildman–Crippen MR) is 102 cm³/mol. The van der Waals surface area contributed by atoms with Gasteiger partial charge in [0.15, 0.2) is 12.4 Å². The number of hydrogen-bond acceptors (Lipinski definition) is 5. The highest BCUT2D eigenvalue weighted by Gasteiger charge is 2.31. The fraction of sp³-hybridized carbons (Fsp3) is 0.222. The van der Waals surface area contributed by atoms with Crippen LogP contribution < -0.4 is 10.6 Å². The Balaban J connectivity index is 1.73. The van der Waals surface area contributed by atoms with Crippen LogP contribution in [-0.4, -0.2) is 35.9 Å². The highest BCUT2D eigenvalue weighted by molar-refractivity contribution is 6.33. The number of carbonyl (C=O) groups excluding carboxylic acids is 3. The molecule has 0 saturated carbocycles. The summed E-state index contributed by atoms with van der Waals surface area (Å²) in [6.07, 6.45) is -4.32. The topological polar surface area (TPSA) is 97.4 Å². The second-order valence-corrected chi connectivity index (χ2v) is 6.62. The zero-order valence-electron chi connectivity index (χ0n) is 15.1. The molecule has 0 aliphatic carbocycles. The molecule has 0 atom stereocenters. The van der Waals surface area contributed by atoms with Gasteiger partial charge in [-0.05, 0) is 30.3 Å². The molecule has 1 heterocycles. The number of amides is 2. The number of aromatic nitrogens is 1. The maximum absolute atomic E-state index is 12.6. The quantitative estimate of drug-likeness (QED) is 0.610. The summed E-state index contributed by atoms with van der Waals surface area (Å²) < 4.78 is 42.4. The number of rotatable bonds is 7. The molecule has 12 heteroatoms. The number of carbonyl (C=O) groups is 3. The fourth-order valence-electron chi connectivity index (χ4n) is 2.05. The van der Waals surface area contributed by atoms with Crippen LogP contribution in [0.3, 0.4) is 0 Å². The second kappa shape index (κ2) is 10.3. The Hall–Kier alpha value is -2.85. The molecule has 0 aliphatic heterocycles. The van der Waals surface area contributed by atoms with Crippen molar-refractivity contribution in [1.29, 1.82) is 0 Å². The van der Waals surface area contributed by atoms with Crippen molar-refractivity contribution in [2.45, 2.75) is 12.6 Å². The average molecular weight is 464 g/mol. The van der Waals surface area contributed by atoms with E-state index in [-0.39, 0.29) is 18.8 Å². The van der Waals surface area contributed by atoms with Crippen LogP contribution in [0.25, 0.3) is 0 Å². The van der Waals surface area contributed by atoms with E-state index in [1.807, 2.05) is 0 Å². The smallest absolute Gasteiger partial charge is 0.417 e. The lowest BCUT2D eigenvalue weighted by atomic mass is 10.2. The summed E-state index contributed by atoms with van der Waals surface area (Å²) in [6, 6.07) is 6.73. The van der Waals surface area contributed by atoms with Crippen molar-refractivity contribution in [1.82, 2.24) is 10.3 Å². The Morgan fingerprint density at radius 2 is 1.77 bits per heavy atom. The molecule has 2 rings (SSSR count). The van der Waals surface area contributed by atoms with Crippen molar-refractivity contribution in [2.75, 3.05) is 18.5 Å². The van der Waals surface area contributed by atoms with Crippen molar-refractivity contribution in [2.24, 2.45) is 0 Å². The molecule has 2 N–H and O–H groups in total. The molecule has 0 unspecified atom stereocenters. The number of esters is 1. The Kier molecular flexibility index (Phi) is 8.01. The van der Waals surface area contributed by atoms with Crippen molar-refractivity contribution >= 4 is 46.8 Å². The van der Waals surface area contributed by atoms with Crippen molar-refractivity contribution in [3.63, 3.8) is 0 Å². The van der Waals surface area contributed by atoms with E-state index in [0.29, 0.717) is 22.8 Å². The van der Waals surface area contributed by atoms with Crippen LogP contribution in [-0.2, 0) is 20.5 Å². The van der Waals surface area contributed by atoms with Crippen LogP contribution >= 0.6 is 23.2 Å². The van der Waals surface area contributed by atoms with E-state index in [0.717, 1.165) is 0 Å². The van der Waals surface area contributed by atoms with Crippen molar-refractivity contribution in [3.05, 3.63) is 57.7 Å². The Morgan fingerprint density at radius 1 is 1.10 bits per heavy atom. The SMILES string of the molecule is O=C(COC(=O)CCNC(=O)c1ccc(Cl)cc1)Nc1ncc(C(F)(F)F)cc1Cl. The summed E-state index contributed by atoms with van der Waals surface area (Å²) in [5, 5.41) is 4.69. The molecule has 0 radical (unpaired) electrons. The number of halogens is 5. The lowest BCUT2D eigenvalue weighted by molar-refractivity contribution is -0.147. The number of nitrogens with one attached hydrogen (secondary N) is 2. The zero-order chi connectivity index (χ0) is 22.3. The van der Waals surface area contributed by atoms with Gasteiger partial charge in [-0.3, -0.25) is 14.4 Å². The average Bonchev–Trinajstić information content (AvgIpc) is 2.67. The molecule has 160 valence electrons. The van der Waals surface area contributed by atoms with Gasteiger partial charge >= 0.3 is 12.1 Å². The van der Waals surface area contributed by atoms with Crippen LogP contribution in [0.15, 0.2) is 36.5 Å². The molecule has 30 heavy (non-hydrogen) atoms. The van der Waals surface area contributed by atoms with Gasteiger partial charge in [0.05, 0.1) is 17.0 Å². The van der Waals surface area contributed by atoms with Crippen LogP contribution in [0.1, 0.15) is 22.3 Å². The number of pyridine rings is 1. The van der Waals surface area contributed by atoms with Crippen LogP contribution in [0, 0.1) is 0 Å². The molecule has 1 aromatic carbocycles. The first-order valence-electron chi connectivity index (χ1n) is 8.28. The first-order chi connectivity index (χ1) is 14.1. The van der Waals surface area contributed by atoms with Gasteiger partial charge in [-0.15, -0.1) is 0 Å². The van der Waals surface area contributed by atoms with Gasteiger partial charge in [0.1, 0.15) is 0 Å². The molecular weight excluding hydrogens is 450 g/mol. The lowest BCUT2D eigenvalue weighted by Gasteiger charge is -2.10. The highest BCUT2D eigenvalue weighted by Crippen LogP contribution is 2.32. The number of alkyl halides is 3. The van der Waals surface area contributed by atoms with Crippen LogP contribution in [0.2, 0.25) is 10.0 Å². The van der Waals surface area contributed by atoms with E-state index in [1.165, 1.54) is 12.1 Å². The van der Waals surface area contributed by atoms with Crippen LogP contribution in [0.5, 0.6) is 0 Å². The molecule has 0 spiro atoms. The van der Waals surface area contributed by atoms with E-state index in [2.05, 4.69) is 15.6 Å². The second-order valence-electron chi connectivity index (χ2n) is 5.77. The van der Waals surface area contributed by atoms with E-state index in [1.54, 1.807) is 12.1 Å². The van der Waals surface area contributed by atoms with Gasteiger partial charge in [0.25, 0.3) is 11.8 Å². The largest absolute Gasteiger partial charge is 0.456 e. The molecule has 0 bridgehead atoms. The fourth-order valence-corrected chi connectivity index (χ4v) is 2.39. The van der Waals surface area contributed by atoms with E-state index < -0.39 is 41.2 Å². The van der Waals surface area contributed by atoms with Crippen LogP contribution in [0.4, 0.5) is 19.0 Å². The van der Waals surface area contributed by atoms with Gasteiger partial charge < -0.3 is 15.4 Å². The molecule has 2 amide bonds.